The van der Waals surface area contributed by atoms with E-state index in [1.54, 1.807) is 11.6 Å². The first-order valence-electron chi connectivity index (χ1n) is 4.45. The summed E-state index contributed by atoms with van der Waals surface area (Å²) in [7, 11) is 1.72. The van der Waals surface area contributed by atoms with Crippen LogP contribution in [0, 0.1) is 0 Å². The molecule has 0 aromatic carbocycles. The fourth-order valence-electron chi connectivity index (χ4n) is 1.59. The van der Waals surface area contributed by atoms with Crippen LogP contribution in [0.25, 0.3) is 0 Å². The SMILES string of the molecule is Cn1cc(C2CCC2)nc1C(=O)O. The zero-order chi connectivity index (χ0) is 9.42. The van der Waals surface area contributed by atoms with Crippen LogP contribution in [0.5, 0.6) is 0 Å². The minimum absolute atomic E-state index is 0.141. The van der Waals surface area contributed by atoms with E-state index >= 15 is 0 Å². The monoisotopic (exact) mass is 180 g/mol. The van der Waals surface area contributed by atoms with Gasteiger partial charge in [-0.15, -0.1) is 0 Å². The third kappa shape index (κ3) is 1.32. The molecule has 1 N–H and O–H groups in total. The second-order valence-corrected chi connectivity index (χ2v) is 3.53. The van der Waals surface area contributed by atoms with Crippen molar-refractivity contribution in [2.45, 2.75) is 25.2 Å². The Morgan fingerprint density at radius 2 is 2.38 bits per heavy atom. The first-order valence-corrected chi connectivity index (χ1v) is 4.45. The Bertz CT molecular complexity index is 339. The summed E-state index contributed by atoms with van der Waals surface area (Å²) < 4.78 is 1.58. The number of nitrogens with zero attached hydrogens (tertiary/aromatic N) is 2. The quantitative estimate of drug-likeness (QED) is 0.748. The first kappa shape index (κ1) is 8.29. The number of hydrogen-bond acceptors (Lipinski definition) is 2. The lowest BCUT2D eigenvalue weighted by Crippen LogP contribution is -2.09. The maximum Gasteiger partial charge on any atom is 0.372 e. The highest BCUT2D eigenvalue weighted by Gasteiger charge is 2.24. The standard InChI is InChI=1S/C9H12N2O2/c1-11-5-7(6-3-2-4-6)10-8(11)9(12)13/h5-6H,2-4H2,1H3,(H,12,13). The van der Waals surface area contributed by atoms with Gasteiger partial charge in [-0.3, -0.25) is 0 Å². The number of imidazole rings is 1. The number of aryl methyl sites for hydroxylation is 1. The summed E-state index contributed by atoms with van der Waals surface area (Å²) >= 11 is 0. The maximum atomic E-state index is 10.7. The molecule has 0 spiro atoms. The summed E-state index contributed by atoms with van der Waals surface area (Å²) in [6.45, 7) is 0. The van der Waals surface area contributed by atoms with Crippen LogP contribution in [0.15, 0.2) is 6.20 Å². The summed E-state index contributed by atoms with van der Waals surface area (Å²) in [4.78, 5) is 14.8. The molecule has 0 radical (unpaired) electrons. The molecule has 2 rings (SSSR count). The smallest absolute Gasteiger partial charge is 0.372 e. The molecule has 1 fully saturated rings. The molecule has 0 unspecified atom stereocenters. The number of hydrogen-bond donors (Lipinski definition) is 1. The van der Waals surface area contributed by atoms with Crippen LogP contribution in [-0.4, -0.2) is 20.6 Å². The Morgan fingerprint density at radius 1 is 1.69 bits per heavy atom. The normalized spacial score (nSPS) is 17.0. The molecule has 0 bridgehead atoms. The third-order valence-corrected chi connectivity index (χ3v) is 2.61. The van der Waals surface area contributed by atoms with Crippen LogP contribution in [-0.2, 0) is 7.05 Å². The van der Waals surface area contributed by atoms with E-state index in [4.69, 9.17) is 5.11 Å². The predicted octanol–water partition coefficient (Wildman–Crippen LogP) is 1.39. The van der Waals surface area contributed by atoms with Crippen molar-refractivity contribution in [2.75, 3.05) is 0 Å². The van der Waals surface area contributed by atoms with Gasteiger partial charge >= 0.3 is 5.97 Å². The van der Waals surface area contributed by atoms with E-state index < -0.39 is 5.97 Å². The van der Waals surface area contributed by atoms with Gasteiger partial charge in [0.05, 0.1) is 5.69 Å². The number of rotatable bonds is 2. The zero-order valence-electron chi connectivity index (χ0n) is 7.53. The van der Waals surface area contributed by atoms with E-state index in [9.17, 15) is 4.79 Å². The molecule has 0 saturated heterocycles. The highest BCUT2D eigenvalue weighted by Crippen LogP contribution is 2.35. The average Bonchev–Trinajstić information content (AvgIpc) is 2.27. The van der Waals surface area contributed by atoms with E-state index in [0.717, 1.165) is 18.5 Å². The molecule has 1 aromatic rings. The van der Waals surface area contributed by atoms with E-state index in [1.807, 2.05) is 6.20 Å². The molecular formula is C9H12N2O2. The van der Waals surface area contributed by atoms with Gasteiger partial charge in [0, 0.05) is 19.2 Å². The average molecular weight is 180 g/mol. The largest absolute Gasteiger partial charge is 0.475 e. The summed E-state index contributed by atoms with van der Waals surface area (Å²) in [5, 5.41) is 8.77. The Labute approximate surface area is 76.2 Å². The van der Waals surface area contributed by atoms with Crippen LogP contribution in [0.2, 0.25) is 0 Å². The van der Waals surface area contributed by atoms with Crippen molar-refractivity contribution in [1.82, 2.24) is 9.55 Å². The Hall–Kier alpha value is -1.32. The lowest BCUT2D eigenvalue weighted by molar-refractivity contribution is 0.0679. The number of aromatic carboxylic acids is 1. The number of carbonyl (C=O) groups is 1. The third-order valence-electron chi connectivity index (χ3n) is 2.61. The van der Waals surface area contributed by atoms with Gasteiger partial charge < -0.3 is 9.67 Å². The first-order chi connectivity index (χ1) is 6.18. The Kier molecular flexibility index (Phi) is 1.83. The summed E-state index contributed by atoms with van der Waals surface area (Å²) in [5.41, 5.74) is 0.936. The van der Waals surface area contributed by atoms with E-state index in [-0.39, 0.29) is 5.82 Å². The zero-order valence-corrected chi connectivity index (χ0v) is 7.53. The molecule has 1 heterocycles. The van der Waals surface area contributed by atoms with Gasteiger partial charge in [-0.05, 0) is 12.8 Å². The van der Waals surface area contributed by atoms with Crippen LogP contribution in [0.1, 0.15) is 41.5 Å². The molecule has 1 aliphatic rings. The molecule has 1 saturated carbocycles. The van der Waals surface area contributed by atoms with Crippen molar-refractivity contribution in [1.29, 1.82) is 0 Å². The van der Waals surface area contributed by atoms with Gasteiger partial charge in [-0.25, -0.2) is 9.78 Å². The minimum atomic E-state index is -0.951. The van der Waals surface area contributed by atoms with Crippen molar-refractivity contribution < 1.29 is 9.90 Å². The highest BCUT2D eigenvalue weighted by molar-refractivity contribution is 5.83. The molecule has 4 nitrogen and oxygen atoms in total. The van der Waals surface area contributed by atoms with E-state index in [2.05, 4.69) is 4.98 Å². The number of aromatic nitrogens is 2. The Balaban J connectivity index is 2.28. The maximum absolute atomic E-state index is 10.7. The van der Waals surface area contributed by atoms with Gasteiger partial charge in [0.1, 0.15) is 0 Å². The lowest BCUT2D eigenvalue weighted by atomic mass is 9.83. The van der Waals surface area contributed by atoms with Crippen molar-refractivity contribution in [2.24, 2.45) is 7.05 Å². The fraction of sp³-hybridized carbons (Fsp3) is 0.556. The molecule has 0 atom stereocenters. The van der Waals surface area contributed by atoms with Gasteiger partial charge in [-0.1, -0.05) is 6.42 Å². The van der Waals surface area contributed by atoms with Gasteiger partial charge in [0.15, 0.2) is 0 Å². The van der Waals surface area contributed by atoms with Crippen molar-refractivity contribution in [3.63, 3.8) is 0 Å². The molecule has 70 valence electrons. The van der Waals surface area contributed by atoms with Crippen LogP contribution in [0.4, 0.5) is 0 Å². The second kappa shape index (κ2) is 2.87. The Morgan fingerprint density at radius 3 is 2.77 bits per heavy atom. The summed E-state index contributed by atoms with van der Waals surface area (Å²) in [6, 6.07) is 0. The fourth-order valence-corrected chi connectivity index (χ4v) is 1.59. The summed E-state index contributed by atoms with van der Waals surface area (Å²) in [6.07, 6.45) is 5.36. The topological polar surface area (TPSA) is 55.1 Å². The van der Waals surface area contributed by atoms with Gasteiger partial charge in [0.25, 0.3) is 0 Å². The predicted molar refractivity (Wildman–Crippen MR) is 46.8 cm³/mol. The molecule has 0 amide bonds. The second-order valence-electron chi connectivity index (χ2n) is 3.53. The number of carboxylic acids is 1. The molecule has 4 heteroatoms. The molecule has 1 aromatic heterocycles. The highest BCUT2D eigenvalue weighted by atomic mass is 16.4. The van der Waals surface area contributed by atoms with Crippen LogP contribution in [0.3, 0.4) is 0 Å². The van der Waals surface area contributed by atoms with Crippen molar-refractivity contribution >= 4 is 5.97 Å². The number of carboxylic acid groups (broad SMARTS) is 1. The minimum Gasteiger partial charge on any atom is -0.475 e. The molecular weight excluding hydrogens is 168 g/mol. The van der Waals surface area contributed by atoms with E-state index in [1.165, 1.54) is 6.42 Å². The van der Waals surface area contributed by atoms with Crippen molar-refractivity contribution in [3.8, 4) is 0 Å². The molecule has 1 aliphatic carbocycles. The van der Waals surface area contributed by atoms with Crippen LogP contribution >= 0.6 is 0 Å². The van der Waals surface area contributed by atoms with E-state index in [0.29, 0.717) is 5.92 Å². The summed E-state index contributed by atoms with van der Waals surface area (Å²) in [5.74, 6) is -0.311. The van der Waals surface area contributed by atoms with Gasteiger partial charge in [0.2, 0.25) is 5.82 Å². The molecule has 13 heavy (non-hydrogen) atoms. The lowest BCUT2D eigenvalue weighted by Gasteiger charge is -2.22. The van der Waals surface area contributed by atoms with Gasteiger partial charge in [-0.2, -0.15) is 0 Å². The molecule has 0 aliphatic heterocycles. The van der Waals surface area contributed by atoms with Crippen LogP contribution < -0.4 is 0 Å². The van der Waals surface area contributed by atoms with Crippen molar-refractivity contribution in [3.05, 3.63) is 17.7 Å².